The van der Waals surface area contributed by atoms with E-state index in [4.69, 9.17) is 11.5 Å². The molecule has 0 saturated carbocycles. The molecule has 88 valence electrons. The molecule has 1 saturated heterocycles. The minimum Gasteiger partial charge on any atom is -0.399 e. The van der Waals surface area contributed by atoms with Gasteiger partial charge in [-0.25, -0.2) is 0 Å². The number of benzene rings is 1. The molecule has 1 aliphatic heterocycles. The first-order valence-corrected chi connectivity index (χ1v) is 5.97. The van der Waals surface area contributed by atoms with Gasteiger partial charge in [0.1, 0.15) is 0 Å². The van der Waals surface area contributed by atoms with Gasteiger partial charge in [-0.15, -0.1) is 0 Å². The molecule has 5 N–H and O–H groups in total. The van der Waals surface area contributed by atoms with Crippen LogP contribution in [0.3, 0.4) is 0 Å². The van der Waals surface area contributed by atoms with Crippen molar-refractivity contribution in [2.45, 2.75) is 19.3 Å². The van der Waals surface area contributed by atoms with Gasteiger partial charge in [-0.1, -0.05) is 6.07 Å². The van der Waals surface area contributed by atoms with Gasteiger partial charge >= 0.3 is 0 Å². The molecule has 1 aromatic carbocycles. The second-order valence-corrected chi connectivity index (χ2v) is 4.81. The highest BCUT2D eigenvalue weighted by molar-refractivity contribution is 5.46. The molecule has 16 heavy (non-hydrogen) atoms. The maximum absolute atomic E-state index is 5.86. The zero-order valence-corrected chi connectivity index (χ0v) is 9.87. The second-order valence-electron chi connectivity index (χ2n) is 4.81. The highest BCUT2D eigenvalue weighted by Crippen LogP contribution is 2.29. The average molecular weight is 219 g/mol. The number of nitrogens with one attached hydrogen (secondary N) is 1. The summed E-state index contributed by atoms with van der Waals surface area (Å²) < 4.78 is 0. The van der Waals surface area contributed by atoms with Gasteiger partial charge in [0.05, 0.1) is 0 Å². The van der Waals surface area contributed by atoms with Crippen LogP contribution in [0.4, 0.5) is 5.69 Å². The van der Waals surface area contributed by atoms with Crippen LogP contribution in [0, 0.1) is 12.8 Å². The molecule has 2 unspecified atom stereocenters. The van der Waals surface area contributed by atoms with E-state index in [-0.39, 0.29) is 0 Å². The number of hydrogen-bond acceptors (Lipinski definition) is 3. The van der Waals surface area contributed by atoms with Crippen LogP contribution in [0.15, 0.2) is 18.2 Å². The molecule has 0 aromatic heterocycles. The summed E-state index contributed by atoms with van der Waals surface area (Å²) in [4.78, 5) is 0. The predicted molar refractivity (Wildman–Crippen MR) is 68.4 cm³/mol. The van der Waals surface area contributed by atoms with E-state index in [0.717, 1.165) is 25.3 Å². The number of hydrogen-bond donors (Lipinski definition) is 3. The Hall–Kier alpha value is -1.06. The molecule has 0 radical (unpaired) electrons. The molecule has 2 atom stereocenters. The number of piperidine rings is 1. The van der Waals surface area contributed by atoms with Crippen molar-refractivity contribution in [1.82, 2.24) is 5.32 Å². The normalized spacial score (nSPS) is 25.6. The van der Waals surface area contributed by atoms with E-state index in [1.165, 1.54) is 17.5 Å². The Labute approximate surface area is 97.2 Å². The Morgan fingerprint density at radius 3 is 2.94 bits per heavy atom. The Bertz CT molecular complexity index is 362. The Morgan fingerprint density at radius 1 is 1.38 bits per heavy atom. The van der Waals surface area contributed by atoms with E-state index in [0.29, 0.717) is 11.8 Å². The fourth-order valence-corrected chi connectivity index (χ4v) is 2.55. The van der Waals surface area contributed by atoms with Crippen molar-refractivity contribution >= 4 is 5.69 Å². The highest BCUT2D eigenvalue weighted by atomic mass is 14.9. The van der Waals surface area contributed by atoms with Crippen molar-refractivity contribution < 1.29 is 0 Å². The van der Waals surface area contributed by atoms with Crippen LogP contribution in [0.25, 0.3) is 0 Å². The lowest BCUT2D eigenvalue weighted by Gasteiger charge is -2.30. The summed E-state index contributed by atoms with van der Waals surface area (Å²) in [7, 11) is 0. The third-order valence-electron chi connectivity index (χ3n) is 3.52. The summed E-state index contributed by atoms with van der Waals surface area (Å²) in [5.41, 5.74) is 15.2. The van der Waals surface area contributed by atoms with E-state index in [1.807, 2.05) is 6.07 Å². The molecular formula is C13H21N3. The van der Waals surface area contributed by atoms with Gasteiger partial charge in [0.15, 0.2) is 0 Å². The number of nitrogens with two attached hydrogens (primary N) is 2. The van der Waals surface area contributed by atoms with Crippen molar-refractivity contribution in [2.24, 2.45) is 11.7 Å². The van der Waals surface area contributed by atoms with E-state index in [2.05, 4.69) is 24.4 Å². The summed E-state index contributed by atoms with van der Waals surface area (Å²) in [6, 6.07) is 6.19. The topological polar surface area (TPSA) is 64.1 Å². The Balaban J connectivity index is 2.19. The summed E-state index contributed by atoms with van der Waals surface area (Å²) >= 11 is 0. The van der Waals surface area contributed by atoms with Crippen molar-refractivity contribution in [3.63, 3.8) is 0 Å². The van der Waals surface area contributed by atoms with Crippen LogP contribution in [-0.2, 0) is 0 Å². The Morgan fingerprint density at radius 2 is 2.19 bits per heavy atom. The standard InChI is InChI=1S/C13H21N3/c1-9-2-3-12(15)5-13(9)11-4-10(6-14)7-16-8-11/h2-3,5,10-11,16H,4,6-8,14-15H2,1H3. The SMILES string of the molecule is Cc1ccc(N)cc1C1CNCC(CN)C1. The van der Waals surface area contributed by atoms with Gasteiger partial charge in [0.25, 0.3) is 0 Å². The molecule has 0 spiro atoms. The first-order chi connectivity index (χ1) is 7.70. The maximum atomic E-state index is 5.86. The largest absolute Gasteiger partial charge is 0.399 e. The minimum atomic E-state index is 0.561. The van der Waals surface area contributed by atoms with Crippen molar-refractivity contribution in [3.05, 3.63) is 29.3 Å². The van der Waals surface area contributed by atoms with Gasteiger partial charge in [0.2, 0.25) is 0 Å². The fraction of sp³-hybridized carbons (Fsp3) is 0.538. The molecule has 1 aliphatic rings. The molecule has 1 aromatic rings. The molecule has 1 heterocycles. The van der Waals surface area contributed by atoms with E-state index >= 15 is 0 Å². The lowest BCUT2D eigenvalue weighted by atomic mass is 9.83. The van der Waals surface area contributed by atoms with Crippen LogP contribution in [0.1, 0.15) is 23.5 Å². The average Bonchev–Trinajstić information content (AvgIpc) is 2.32. The van der Waals surface area contributed by atoms with E-state index in [1.54, 1.807) is 0 Å². The van der Waals surface area contributed by atoms with E-state index in [9.17, 15) is 0 Å². The zero-order valence-electron chi connectivity index (χ0n) is 9.87. The zero-order chi connectivity index (χ0) is 11.5. The Kier molecular flexibility index (Phi) is 3.46. The lowest BCUT2D eigenvalue weighted by molar-refractivity contribution is 0.347. The smallest absolute Gasteiger partial charge is 0.0317 e. The third-order valence-corrected chi connectivity index (χ3v) is 3.52. The number of nitrogen functional groups attached to an aromatic ring is 1. The number of anilines is 1. The van der Waals surface area contributed by atoms with Crippen LogP contribution in [0.2, 0.25) is 0 Å². The molecule has 0 aliphatic carbocycles. The molecule has 1 fully saturated rings. The number of aryl methyl sites for hydroxylation is 1. The number of rotatable bonds is 2. The molecule has 3 heteroatoms. The fourth-order valence-electron chi connectivity index (χ4n) is 2.55. The van der Waals surface area contributed by atoms with Gasteiger partial charge < -0.3 is 16.8 Å². The van der Waals surface area contributed by atoms with E-state index < -0.39 is 0 Å². The molecule has 3 nitrogen and oxygen atoms in total. The van der Waals surface area contributed by atoms with Crippen LogP contribution >= 0.6 is 0 Å². The molecular weight excluding hydrogens is 198 g/mol. The summed E-state index contributed by atoms with van der Waals surface area (Å²) in [5.74, 6) is 1.16. The molecule has 2 rings (SSSR count). The van der Waals surface area contributed by atoms with Crippen LogP contribution in [-0.4, -0.2) is 19.6 Å². The van der Waals surface area contributed by atoms with Gasteiger partial charge in [-0.3, -0.25) is 0 Å². The van der Waals surface area contributed by atoms with Crippen LogP contribution in [0.5, 0.6) is 0 Å². The molecule has 0 bridgehead atoms. The highest BCUT2D eigenvalue weighted by Gasteiger charge is 2.23. The van der Waals surface area contributed by atoms with Gasteiger partial charge in [-0.05, 0) is 61.5 Å². The van der Waals surface area contributed by atoms with Gasteiger partial charge in [-0.2, -0.15) is 0 Å². The summed E-state index contributed by atoms with van der Waals surface area (Å²) in [6.07, 6.45) is 1.17. The van der Waals surface area contributed by atoms with Crippen molar-refractivity contribution in [3.8, 4) is 0 Å². The second kappa shape index (κ2) is 4.85. The molecule has 0 amide bonds. The minimum absolute atomic E-state index is 0.561. The lowest BCUT2D eigenvalue weighted by Crippen LogP contribution is -2.38. The quantitative estimate of drug-likeness (QED) is 0.655. The van der Waals surface area contributed by atoms with Crippen LogP contribution < -0.4 is 16.8 Å². The first kappa shape index (κ1) is 11.4. The third kappa shape index (κ3) is 2.36. The van der Waals surface area contributed by atoms with Gasteiger partial charge in [0, 0.05) is 12.2 Å². The maximum Gasteiger partial charge on any atom is 0.0317 e. The summed E-state index contributed by atoms with van der Waals surface area (Å²) in [5, 5.41) is 3.46. The monoisotopic (exact) mass is 219 g/mol. The predicted octanol–water partition coefficient (Wildman–Crippen LogP) is 1.23. The van der Waals surface area contributed by atoms with Crippen molar-refractivity contribution in [1.29, 1.82) is 0 Å². The summed E-state index contributed by atoms with van der Waals surface area (Å²) in [6.45, 7) is 5.01. The first-order valence-electron chi connectivity index (χ1n) is 5.97. The van der Waals surface area contributed by atoms with Crippen molar-refractivity contribution in [2.75, 3.05) is 25.4 Å².